The molecular weight excluding hydrogens is 330 g/mol. The molecule has 3 aliphatic heterocycles. The zero-order valence-corrected chi connectivity index (χ0v) is 15.8. The highest BCUT2D eigenvalue weighted by Crippen LogP contribution is 2.46. The van der Waals surface area contributed by atoms with E-state index in [-0.39, 0.29) is 17.9 Å². The number of methoxy groups -OCH3 is 1. The van der Waals surface area contributed by atoms with Crippen LogP contribution in [0.1, 0.15) is 11.6 Å². The van der Waals surface area contributed by atoms with Crippen molar-refractivity contribution in [3.8, 4) is 5.75 Å². The van der Waals surface area contributed by atoms with Gasteiger partial charge in [0.25, 0.3) is 0 Å². The summed E-state index contributed by atoms with van der Waals surface area (Å²) < 4.78 is 11.2. The monoisotopic (exact) mass is 359 g/mol. The third-order valence-corrected chi connectivity index (χ3v) is 6.16. The number of hydrogen-bond donors (Lipinski definition) is 0. The van der Waals surface area contributed by atoms with Gasteiger partial charge in [0.15, 0.2) is 0 Å². The zero-order chi connectivity index (χ0) is 18.1. The molecule has 6 nitrogen and oxygen atoms in total. The van der Waals surface area contributed by atoms with E-state index in [0.717, 1.165) is 51.6 Å². The molecule has 3 atom stereocenters. The molecule has 0 unspecified atom stereocenters. The van der Waals surface area contributed by atoms with Crippen LogP contribution in [-0.2, 0) is 9.53 Å². The first-order chi connectivity index (χ1) is 12.7. The third kappa shape index (κ3) is 3.21. The second-order valence-corrected chi connectivity index (χ2v) is 7.66. The van der Waals surface area contributed by atoms with Gasteiger partial charge in [-0.05, 0) is 13.1 Å². The Morgan fingerprint density at radius 1 is 1.23 bits per heavy atom. The van der Waals surface area contributed by atoms with Crippen molar-refractivity contribution in [1.29, 1.82) is 0 Å². The van der Waals surface area contributed by atoms with Gasteiger partial charge in [-0.15, -0.1) is 0 Å². The van der Waals surface area contributed by atoms with Gasteiger partial charge in [0.2, 0.25) is 5.91 Å². The lowest BCUT2D eigenvalue weighted by Gasteiger charge is -2.37. The molecule has 2 fully saturated rings. The molecule has 2 saturated heterocycles. The summed E-state index contributed by atoms with van der Waals surface area (Å²) in [5.41, 5.74) is 1.23. The molecule has 3 aliphatic rings. The average molecular weight is 359 g/mol. The Labute approximate surface area is 155 Å². The number of carbonyl (C=O) groups is 1. The molecule has 0 radical (unpaired) electrons. The second kappa shape index (κ2) is 7.55. The van der Waals surface area contributed by atoms with Gasteiger partial charge >= 0.3 is 0 Å². The van der Waals surface area contributed by atoms with E-state index in [4.69, 9.17) is 9.47 Å². The SMILES string of the molecule is COCCN1CCN(C(=O)[C@@H]2CN(C)[C@H]3c4ccccc4OC[C@@H]23)CC1. The van der Waals surface area contributed by atoms with Crippen LogP contribution in [0.4, 0.5) is 0 Å². The summed E-state index contributed by atoms with van der Waals surface area (Å²) >= 11 is 0. The number of fused-ring (bicyclic) bond motifs is 3. The molecule has 6 heteroatoms. The van der Waals surface area contributed by atoms with Crippen molar-refractivity contribution in [2.24, 2.45) is 11.8 Å². The molecule has 0 aromatic heterocycles. The summed E-state index contributed by atoms with van der Waals surface area (Å²) in [6.07, 6.45) is 0. The Bertz CT molecular complexity index is 645. The zero-order valence-electron chi connectivity index (χ0n) is 15.8. The van der Waals surface area contributed by atoms with Crippen molar-refractivity contribution in [1.82, 2.24) is 14.7 Å². The summed E-state index contributed by atoms with van der Waals surface area (Å²) in [5.74, 6) is 1.55. The van der Waals surface area contributed by atoms with Gasteiger partial charge in [0.1, 0.15) is 5.75 Å². The highest BCUT2D eigenvalue weighted by molar-refractivity contribution is 5.80. The number of ether oxygens (including phenoxy) is 2. The largest absolute Gasteiger partial charge is 0.493 e. The summed E-state index contributed by atoms with van der Waals surface area (Å²) in [6.45, 7) is 6.65. The normalized spacial score (nSPS) is 29.2. The topological polar surface area (TPSA) is 45.2 Å². The number of para-hydroxylation sites is 1. The van der Waals surface area contributed by atoms with Crippen molar-refractivity contribution in [2.45, 2.75) is 6.04 Å². The number of amides is 1. The van der Waals surface area contributed by atoms with Gasteiger partial charge in [-0.3, -0.25) is 14.6 Å². The van der Waals surface area contributed by atoms with Crippen molar-refractivity contribution < 1.29 is 14.3 Å². The molecule has 0 bridgehead atoms. The number of rotatable bonds is 4. The van der Waals surface area contributed by atoms with E-state index in [1.807, 2.05) is 12.1 Å². The molecule has 0 N–H and O–H groups in total. The van der Waals surface area contributed by atoms with E-state index in [1.165, 1.54) is 5.56 Å². The van der Waals surface area contributed by atoms with E-state index in [0.29, 0.717) is 12.5 Å². The van der Waals surface area contributed by atoms with Gasteiger partial charge in [-0.25, -0.2) is 0 Å². The molecule has 0 spiro atoms. The van der Waals surface area contributed by atoms with E-state index >= 15 is 0 Å². The number of carbonyl (C=O) groups excluding carboxylic acids is 1. The Hall–Kier alpha value is -1.63. The van der Waals surface area contributed by atoms with Crippen molar-refractivity contribution in [3.63, 3.8) is 0 Å². The predicted octanol–water partition coefficient (Wildman–Crippen LogP) is 1.09. The van der Waals surface area contributed by atoms with Crippen LogP contribution in [0, 0.1) is 11.8 Å². The quantitative estimate of drug-likeness (QED) is 0.805. The maximum Gasteiger partial charge on any atom is 0.227 e. The lowest BCUT2D eigenvalue weighted by Crippen LogP contribution is -2.52. The van der Waals surface area contributed by atoms with Crippen LogP contribution in [0.2, 0.25) is 0 Å². The van der Waals surface area contributed by atoms with E-state index in [1.54, 1.807) is 7.11 Å². The van der Waals surface area contributed by atoms with Gasteiger partial charge in [-0.1, -0.05) is 18.2 Å². The highest BCUT2D eigenvalue weighted by atomic mass is 16.5. The van der Waals surface area contributed by atoms with E-state index < -0.39 is 0 Å². The van der Waals surface area contributed by atoms with Crippen LogP contribution in [0.15, 0.2) is 24.3 Å². The van der Waals surface area contributed by atoms with E-state index in [9.17, 15) is 4.79 Å². The molecule has 3 heterocycles. The van der Waals surface area contributed by atoms with Gasteiger partial charge < -0.3 is 14.4 Å². The standard InChI is InChI=1S/C20H29N3O3/c1-21-13-16(17-14-26-18-6-4-3-5-15(18)19(17)21)20(24)23-9-7-22(8-10-23)11-12-25-2/h3-6,16-17,19H,7-14H2,1-2H3/t16-,17+,19+/m1/s1. The minimum Gasteiger partial charge on any atom is -0.493 e. The van der Waals surface area contributed by atoms with Crippen LogP contribution < -0.4 is 4.74 Å². The lowest BCUT2D eigenvalue weighted by atomic mass is 9.84. The smallest absolute Gasteiger partial charge is 0.227 e. The number of piperazine rings is 1. The van der Waals surface area contributed by atoms with Crippen LogP contribution in [0.5, 0.6) is 5.75 Å². The summed E-state index contributed by atoms with van der Waals surface area (Å²) in [5, 5.41) is 0. The summed E-state index contributed by atoms with van der Waals surface area (Å²) in [7, 11) is 3.87. The van der Waals surface area contributed by atoms with Crippen molar-refractivity contribution in [3.05, 3.63) is 29.8 Å². The minimum absolute atomic E-state index is 0.0314. The molecule has 0 saturated carbocycles. The number of hydrogen-bond acceptors (Lipinski definition) is 5. The van der Waals surface area contributed by atoms with E-state index in [2.05, 4.69) is 33.9 Å². The van der Waals surface area contributed by atoms with Crippen LogP contribution in [0.3, 0.4) is 0 Å². The fraction of sp³-hybridized carbons (Fsp3) is 0.650. The predicted molar refractivity (Wildman–Crippen MR) is 99.2 cm³/mol. The molecule has 0 aliphatic carbocycles. The molecule has 1 aromatic carbocycles. The first-order valence-electron chi connectivity index (χ1n) is 9.61. The highest BCUT2D eigenvalue weighted by Gasteiger charge is 2.48. The molecule has 1 amide bonds. The Morgan fingerprint density at radius 3 is 2.77 bits per heavy atom. The fourth-order valence-electron chi connectivity index (χ4n) is 4.73. The minimum atomic E-state index is 0.0314. The summed E-state index contributed by atoms with van der Waals surface area (Å²) in [6, 6.07) is 8.54. The average Bonchev–Trinajstić information content (AvgIpc) is 3.03. The Balaban J connectivity index is 1.42. The Morgan fingerprint density at radius 2 is 2.00 bits per heavy atom. The third-order valence-electron chi connectivity index (χ3n) is 6.16. The number of nitrogens with zero attached hydrogens (tertiary/aromatic N) is 3. The van der Waals surface area contributed by atoms with Gasteiger partial charge in [0, 0.05) is 63.9 Å². The van der Waals surface area contributed by atoms with Gasteiger partial charge in [0.05, 0.1) is 19.1 Å². The molecule has 26 heavy (non-hydrogen) atoms. The molecule has 4 rings (SSSR count). The maximum atomic E-state index is 13.2. The Kier molecular flexibility index (Phi) is 5.16. The van der Waals surface area contributed by atoms with Crippen molar-refractivity contribution >= 4 is 5.91 Å². The molecule has 1 aromatic rings. The van der Waals surface area contributed by atoms with Crippen LogP contribution in [-0.4, -0.2) is 87.2 Å². The molecule has 142 valence electrons. The first-order valence-corrected chi connectivity index (χ1v) is 9.61. The molecular formula is C20H29N3O3. The van der Waals surface area contributed by atoms with Gasteiger partial charge in [-0.2, -0.15) is 0 Å². The summed E-state index contributed by atoms with van der Waals surface area (Å²) in [4.78, 5) is 20.0. The van der Waals surface area contributed by atoms with Crippen LogP contribution >= 0.6 is 0 Å². The lowest BCUT2D eigenvalue weighted by molar-refractivity contribution is -0.138. The maximum absolute atomic E-state index is 13.2. The van der Waals surface area contributed by atoms with Crippen molar-refractivity contribution in [2.75, 3.05) is 66.6 Å². The first kappa shape index (κ1) is 17.8. The second-order valence-electron chi connectivity index (χ2n) is 7.66. The fourth-order valence-corrected chi connectivity index (χ4v) is 4.73. The number of benzene rings is 1. The van der Waals surface area contributed by atoms with Crippen LogP contribution in [0.25, 0.3) is 0 Å². The number of likely N-dealkylation sites (tertiary alicyclic amines) is 1.